The van der Waals surface area contributed by atoms with Crippen molar-refractivity contribution in [2.24, 2.45) is 0 Å². The molecule has 1 atom stereocenters. The number of carbonyl (C=O) groups excluding carboxylic acids is 1. The highest BCUT2D eigenvalue weighted by Crippen LogP contribution is 2.24. The Kier molecular flexibility index (Phi) is 3.84. The summed E-state index contributed by atoms with van der Waals surface area (Å²) in [6.07, 6.45) is 4.49. The number of nitrogens with one attached hydrogen (secondary N) is 1. The van der Waals surface area contributed by atoms with Gasteiger partial charge in [0, 0.05) is 25.9 Å². The quantitative estimate of drug-likeness (QED) is 0.798. The van der Waals surface area contributed by atoms with Crippen molar-refractivity contribution in [3.8, 4) is 0 Å². The maximum absolute atomic E-state index is 11.9. The molecule has 0 saturated carbocycles. The van der Waals surface area contributed by atoms with Gasteiger partial charge in [-0.25, -0.2) is 9.78 Å². The van der Waals surface area contributed by atoms with Crippen LogP contribution >= 0.6 is 0 Å². The maximum Gasteiger partial charge on any atom is 0.356 e. The number of hydrogen-bond acceptors (Lipinski definition) is 4. The Bertz CT molecular complexity index is 477. The normalized spacial score (nSPS) is 22.4. The van der Waals surface area contributed by atoms with Gasteiger partial charge in [0.05, 0.1) is 6.33 Å². The lowest BCUT2D eigenvalue weighted by molar-refractivity contribution is -0.139. The average Bonchev–Trinajstić information content (AvgIpc) is 2.99. The van der Waals surface area contributed by atoms with Crippen LogP contribution in [0.25, 0.3) is 0 Å². The van der Waals surface area contributed by atoms with Crippen LogP contribution in [0.2, 0.25) is 0 Å². The Morgan fingerprint density at radius 1 is 1.63 bits per heavy atom. The first-order chi connectivity index (χ1) is 9.01. The van der Waals surface area contributed by atoms with E-state index >= 15 is 0 Å². The summed E-state index contributed by atoms with van der Waals surface area (Å²) in [5.74, 6) is -1.18. The summed E-state index contributed by atoms with van der Waals surface area (Å²) in [6.45, 7) is 3.29. The molecule has 0 bridgehead atoms. The van der Waals surface area contributed by atoms with Crippen LogP contribution in [-0.2, 0) is 16.1 Å². The standard InChI is InChI=1S/C12H17N3O4/c1-12(3-2-6-19-12)11(18)13-4-5-15-7-9(10(16)17)14-8-15/h7-8H,2-6H2,1H3,(H,13,18)(H,16,17). The minimum Gasteiger partial charge on any atom is -0.476 e. The highest BCUT2D eigenvalue weighted by Gasteiger charge is 2.37. The number of aromatic carboxylic acids is 1. The molecule has 7 heteroatoms. The molecular formula is C12H17N3O4. The van der Waals surface area contributed by atoms with Gasteiger partial charge in [-0.2, -0.15) is 0 Å². The van der Waals surface area contributed by atoms with E-state index < -0.39 is 11.6 Å². The van der Waals surface area contributed by atoms with Crippen LogP contribution in [0.5, 0.6) is 0 Å². The number of ether oxygens (including phenoxy) is 1. The van der Waals surface area contributed by atoms with E-state index in [2.05, 4.69) is 10.3 Å². The minimum atomic E-state index is -1.06. The summed E-state index contributed by atoms with van der Waals surface area (Å²) in [5, 5.41) is 11.5. The first-order valence-corrected chi connectivity index (χ1v) is 6.18. The fourth-order valence-corrected chi connectivity index (χ4v) is 2.04. The summed E-state index contributed by atoms with van der Waals surface area (Å²) >= 11 is 0. The maximum atomic E-state index is 11.9. The summed E-state index contributed by atoms with van der Waals surface area (Å²) in [6, 6.07) is 0. The molecule has 1 aromatic rings. The molecule has 2 N–H and O–H groups in total. The van der Waals surface area contributed by atoms with E-state index in [0.717, 1.165) is 12.8 Å². The summed E-state index contributed by atoms with van der Waals surface area (Å²) < 4.78 is 7.06. The van der Waals surface area contributed by atoms with Crippen molar-refractivity contribution in [1.29, 1.82) is 0 Å². The third-order valence-electron chi connectivity index (χ3n) is 3.21. The smallest absolute Gasteiger partial charge is 0.356 e. The first kappa shape index (κ1) is 13.5. The van der Waals surface area contributed by atoms with Crippen LogP contribution < -0.4 is 5.32 Å². The van der Waals surface area contributed by atoms with Crippen molar-refractivity contribution in [1.82, 2.24) is 14.9 Å². The highest BCUT2D eigenvalue weighted by atomic mass is 16.5. The fourth-order valence-electron chi connectivity index (χ4n) is 2.04. The van der Waals surface area contributed by atoms with Crippen LogP contribution in [0.1, 0.15) is 30.3 Å². The predicted octanol–water partition coefficient (Wildman–Crippen LogP) is 0.267. The molecule has 104 valence electrons. The predicted molar refractivity (Wildman–Crippen MR) is 65.8 cm³/mol. The molecule has 1 saturated heterocycles. The van der Waals surface area contributed by atoms with Crippen molar-refractivity contribution in [2.75, 3.05) is 13.2 Å². The second-order valence-corrected chi connectivity index (χ2v) is 4.74. The number of nitrogens with zero attached hydrogens (tertiary/aromatic N) is 2. The third-order valence-corrected chi connectivity index (χ3v) is 3.21. The molecule has 19 heavy (non-hydrogen) atoms. The van der Waals surface area contributed by atoms with E-state index in [1.54, 1.807) is 11.5 Å². The van der Waals surface area contributed by atoms with Crippen LogP contribution in [0, 0.1) is 0 Å². The van der Waals surface area contributed by atoms with Gasteiger partial charge in [0.2, 0.25) is 0 Å². The molecular weight excluding hydrogens is 250 g/mol. The van der Waals surface area contributed by atoms with E-state index in [-0.39, 0.29) is 11.6 Å². The Hall–Kier alpha value is -1.89. The van der Waals surface area contributed by atoms with Crippen LogP contribution in [0.4, 0.5) is 0 Å². The molecule has 2 rings (SSSR count). The summed E-state index contributed by atoms with van der Waals surface area (Å²) in [4.78, 5) is 26.3. The molecule has 1 aliphatic heterocycles. The third kappa shape index (κ3) is 3.11. The first-order valence-electron chi connectivity index (χ1n) is 6.18. The molecule has 2 heterocycles. The Morgan fingerprint density at radius 3 is 3.00 bits per heavy atom. The van der Waals surface area contributed by atoms with Crippen LogP contribution in [0.15, 0.2) is 12.5 Å². The lowest BCUT2D eigenvalue weighted by Gasteiger charge is -2.21. The van der Waals surface area contributed by atoms with E-state index in [1.807, 2.05) is 0 Å². The van der Waals surface area contributed by atoms with Crippen molar-refractivity contribution < 1.29 is 19.4 Å². The van der Waals surface area contributed by atoms with Crippen LogP contribution in [0.3, 0.4) is 0 Å². The lowest BCUT2D eigenvalue weighted by Crippen LogP contribution is -2.44. The monoisotopic (exact) mass is 267 g/mol. The van der Waals surface area contributed by atoms with E-state index in [0.29, 0.717) is 19.7 Å². The molecule has 0 aliphatic carbocycles. The molecule has 7 nitrogen and oxygen atoms in total. The number of rotatable bonds is 5. The summed E-state index contributed by atoms with van der Waals surface area (Å²) in [5.41, 5.74) is -0.723. The number of aromatic nitrogens is 2. The van der Waals surface area contributed by atoms with E-state index in [9.17, 15) is 9.59 Å². The van der Waals surface area contributed by atoms with Gasteiger partial charge in [-0.15, -0.1) is 0 Å². The van der Waals surface area contributed by atoms with E-state index in [4.69, 9.17) is 9.84 Å². The molecule has 1 fully saturated rings. The zero-order chi connectivity index (χ0) is 13.9. The topological polar surface area (TPSA) is 93.5 Å². The van der Waals surface area contributed by atoms with Crippen molar-refractivity contribution in [3.05, 3.63) is 18.2 Å². The van der Waals surface area contributed by atoms with E-state index in [1.165, 1.54) is 12.5 Å². The zero-order valence-corrected chi connectivity index (χ0v) is 10.8. The lowest BCUT2D eigenvalue weighted by atomic mass is 10.0. The molecule has 0 spiro atoms. The van der Waals surface area contributed by atoms with Crippen molar-refractivity contribution >= 4 is 11.9 Å². The number of carboxylic acid groups (broad SMARTS) is 1. The Morgan fingerprint density at radius 2 is 2.42 bits per heavy atom. The number of hydrogen-bond donors (Lipinski definition) is 2. The summed E-state index contributed by atoms with van der Waals surface area (Å²) in [7, 11) is 0. The SMILES string of the molecule is CC1(C(=O)NCCn2cnc(C(=O)O)c2)CCCO1. The zero-order valence-electron chi connectivity index (χ0n) is 10.8. The van der Waals surface area contributed by atoms with Gasteiger partial charge in [0.25, 0.3) is 5.91 Å². The highest BCUT2D eigenvalue weighted by molar-refractivity contribution is 5.85. The van der Waals surface area contributed by atoms with Gasteiger partial charge in [-0.1, -0.05) is 0 Å². The second-order valence-electron chi connectivity index (χ2n) is 4.74. The molecule has 0 aromatic carbocycles. The number of amides is 1. The largest absolute Gasteiger partial charge is 0.476 e. The minimum absolute atomic E-state index is 0.00239. The van der Waals surface area contributed by atoms with Gasteiger partial charge >= 0.3 is 5.97 Å². The number of carboxylic acids is 1. The van der Waals surface area contributed by atoms with Gasteiger partial charge < -0.3 is 19.7 Å². The number of imidazole rings is 1. The Labute approximate surface area is 110 Å². The molecule has 1 unspecified atom stereocenters. The van der Waals surface area contributed by atoms with Gasteiger partial charge in [0.1, 0.15) is 5.60 Å². The van der Waals surface area contributed by atoms with Gasteiger partial charge in [-0.3, -0.25) is 4.79 Å². The van der Waals surface area contributed by atoms with Gasteiger partial charge in [-0.05, 0) is 19.8 Å². The second kappa shape index (κ2) is 5.40. The Balaban J connectivity index is 1.79. The average molecular weight is 267 g/mol. The van der Waals surface area contributed by atoms with Gasteiger partial charge in [0.15, 0.2) is 5.69 Å². The fraction of sp³-hybridized carbons (Fsp3) is 0.583. The molecule has 0 radical (unpaired) electrons. The van der Waals surface area contributed by atoms with Crippen LogP contribution in [-0.4, -0.2) is 45.3 Å². The molecule has 1 aliphatic rings. The number of carbonyl (C=O) groups is 2. The molecule has 1 amide bonds. The van der Waals surface area contributed by atoms with Crippen molar-refractivity contribution in [3.63, 3.8) is 0 Å². The van der Waals surface area contributed by atoms with Crippen molar-refractivity contribution in [2.45, 2.75) is 31.9 Å². The molecule has 1 aromatic heterocycles.